The third kappa shape index (κ3) is 1.81. The van der Waals surface area contributed by atoms with Crippen LogP contribution in [-0.2, 0) is 13.5 Å². The molecule has 1 aromatic heterocycles. The molecule has 0 unspecified atom stereocenters. The molecule has 0 bridgehead atoms. The summed E-state index contributed by atoms with van der Waals surface area (Å²) in [6.07, 6.45) is 1.01. The van der Waals surface area contributed by atoms with Gasteiger partial charge in [-0.3, -0.25) is 4.68 Å². The number of hydrogen-bond donors (Lipinski definition) is 0. The highest BCUT2D eigenvalue weighted by molar-refractivity contribution is 6.30. The molecule has 1 rings (SSSR count). The van der Waals surface area contributed by atoms with Crippen molar-refractivity contribution in [3.8, 4) is 0 Å². The summed E-state index contributed by atoms with van der Waals surface area (Å²) in [5.41, 5.74) is 2.24. The first kappa shape index (κ1) is 9.59. The molecule has 0 saturated heterocycles. The van der Waals surface area contributed by atoms with Gasteiger partial charge >= 0.3 is 0 Å². The number of aryl methyl sites for hydroxylation is 2. The van der Waals surface area contributed by atoms with Crippen LogP contribution in [0.1, 0.15) is 25.1 Å². The molecule has 2 nitrogen and oxygen atoms in total. The molecular formula is C9H15ClN2. The van der Waals surface area contributed by atoms with E-state index in [-0.39, 0.29) is 0 Å². The van der Waals surface area contributed by atoms with E-state index in [1.54, 1.807) is 4.68 Å². The van der Waals surface area contributed by atoms with Gasteiger partial charge in [0, 0.05) is 12.6 Å². The SMILES string of the molecule is Cc1nn(C)c(Cl)c1CC(C)C. The van der Waals surface area contributed by atoms with Crippen molar-refractivity contribution in [2.75, 3.05) is 0 Å². The smallest absolute Gasteiger partial charge is 0.130 e. The molecule has 0 saturated carbocycles. The minimum atomic E-state index is 0.630. The average Bonchev–Trinajstić information content (AvgIpc) is 2.16. The van der Waals surface area contributed by atoms with Gasteiger partial charge in [0.25, 0.3) is 0 Å². The molecule has 68 valence electrons. The molecule has 1 heterocycles. The average molecular weight is 187 g/mol. The largest absolute Gasteiger partial charge is 0.257 e. The number of aromatic nitrogens is 2. The van der Waals surface area contributed by atoms with Crippen LogP contribution in [0.5, 0.6) is 0 Å². The lowest BCUT2D eigenvalue weighted by Crippen LogP contribution is -1.95. The minimum absolute atomic E-state index is 0.630. The predicted molar refractivity (Wildman–Crippen MR) is 51.5 cm³/mol. The second kappa shape index (κ2) is 3.48. The maximum atomic E-state index is 6.06. The third-order valence-corrected chi connectivity index (χ3v) is 2.35. The highest BCUT2D eigenvalue weighted by Gasteiger charge is 2.11. The van der Waals surface area contributed by atoms with Crippen LogP contribution in [0.2, 0.25) is 5.15 Å². The van der Waals surface area contributed by atoms with E-state index in [4.69, 9.17) is 11.6 Å². The Kier molecular flexibility index (Phi) is 2.78. The van der Waals surface area contributed by atoms with Gasteiger partial charge in [-0.15, -0.1) is 0 Å². The Hall–Kier alpha value is -0.500. The summed E-state index contributed by atoms with van der Waals surface area (Å²) in [6, 6.07) is 0. The van der Waals surface area contributed by atoms with Crippen molar-refractivity contribution >= 4 is 11.6 Å². The molecule has 0 spiro atoms. The quantitative estimate of drug-likeness (QED) is 0.694. The van der Waals surface area contributed by atoms with E-state index in [1.165, 1.54) is 5.56 Å². The Bertz CT molecular complexity index is 276. The van der Waals surface area contributed by atoms with Crippen LogP contribution < -0.4 is 0 Å². The molecule has 0 amide bonds. The lowest BCUT2D eigenvalue weighted by molar-refractivity contribution is 0.645. The number of nitrogens with zero attached hydrogens (tertiary/aromatic N) is 2. The van der Waals surface area contributed by atoms with Gasteiger partial charge in [-0.2, -0.15) is 5.10 Å². The Morgan fingerprint density at radius 2 is 2.08 bits per heavy atom. The Morgan fingerprint density at radius 1 is 1.50 bits per heavy atom. The Balaban J connectivity index is 2.97. The number of rotatable bonds is 2. The molecule has 12 heavy (non-hydrogen) atoms. The first-order chi connectivity index (χ1) is 5.52. The van der Waals surface area contributed by atoms with Gasteiger partial charge in [0.2, 0.25) is 0 Å². The van der Waals surface area contributed by atoms with Crippen molar-refractivity contribution in [2.45, 2.75) is 27.2 Å². The van der Waals surface area contributed by atoms with E-state index in [9.17, 15) is 0 Å². The molecule has 0 aliphatic rings. The minimum Gasteiger partial charge on any atom is -0.257 e. The van der Waals surface area contributed by atoms with Crippen molar-refractivity contribution in [3.63, 3.8) is 0 Å². The summed E-state index contributed by atoms with van der Waals surface area (Å²) in [5, 5.41) is 5.03. The molecule has 0 fully saturated rings. The molecule has 0 N–H and O–H groups in total. The van der Waals surface area contributed by atoms with Gasteiger partial charge in [0.05, 0.1) is 5.69 Å². The fourth-order valence-corrected chi connectivity index (χ4v) is 1.57. The molecule has 0 radical (unpaired) electrons. The maximum Gasteiger partial charge on any atom is 0.130 e. The van der Waals surface area contributed by atoms with Crippen LogP contribution >= 0.6 is 11.6 Å². The molecule has 3 heteroatoms. The summed E-state index contributed by atoms with van der Waals surface area (Å²) in [7, 11) is 1.87. The van der Waals surface area contributed by atoms with Crippen molar-refractivity contribution in [1.29, 1.82) is 0 Å². The van der Waals surface area contributed by atoms with E-state index in [0.29, 0.717) is 5.92 Å². The third-order valence-electron chi connectivity index (χ3n) is 1.88. The van der Waals surface area contributed by atoms with Crippen molar-refractivity contribution in [3.05, 3.63) is 16.4 Å². The highest BCUT2D eigenvalue weighted by atomic mass is 35.5. The number of hydrogen-bond acceptors (Lipinski definition) is 1. The zero-order valence-corrected chi connectivity index (χ0v) is 8.81. The zero-order valence-electron chi connectivity index (χ0n) is 8.06. The summed E-state index contributed by atoms with van der Waals surface area (Å²) in [6.45, 7) is 6.37. The summed E-state index contributed by atoms with van der Waals surface area (Å²) in [5.74, 6) is 0.630. The lowest BCUT2D eigenvalue weighted by atomic mass is 10.0. The summed E-state index contributed by atoms with van der Waals surface area (Å²) >= 11 is 6.06. The fraction of sp³-hybridized carbons (Fsp3) is 0.667. The summed E-state index contributed by atoms with van der Waals surface area (Å²) in [4.78, 5) is 0. The zero-order chi connectivity index (χ0) is 9.30. The molecule has 0 aliphatic carbocycles. The van der Waals surface area contributed by atoms with Crippen LogP contribution in [0, 0.1) is 12.8 Å². The van der Waals surface area contributed by atoms with Crippen molar-refractivity contribution in [2.24, 2.45) is 13.0 Å². The first-order valence-electron chi connectivity index (χ1n) is 4.20. The van der Waals surface area contributed by atoms with Crippen LogP contribution in [0.3, 0.4) is 0 Å². The first-order valence-corrected chi connectivity index (χ1v) is 4.58. The maximum absolute atomic E-state index is 6.06. The van der Waals surface area contributed by atoms with E-state index >= 15 is 0 Å². The van der Waals surface area contributed by atoms with Crippen molar-refractivity contribution < 1.29 is 0 Å². The fourth-order valence-electron chi connectivity index (χ4n) is 1.31. The predicted octanol–water partition coefficient (Wildman–Crippen LogP) is 2.58. The van der Waals surface area contributed by atoms with Crippen LogP contribution in [0.15, 0.2) is 0 Å². The molecule has 0 aliphatic heterocycles. The van der Waals surface area contributed by atoms with E-state index in [2.05, 4.69) is 18.9 Å². The van der Waals surface area contributed by atoms with Gasteiger partial charge in [-0.25, -0.2) is 0 Å². The Morgan fingerprint density at radius 3 is 2.42 bits per heavy atom. The van der Waals surface area contributed by atoms with Crippen molar-refractivity contribution in [1.82, 2.24) is 9.78 Å². The standard InChI is InChI=1S/C9H15ClN2/c1-6(2)5-8-7(3)11-12(4)9(8)10/h6H,5H2,1-4H3. The van der Waals surface area contributed by atoms with E-state index < -0.39 is 0 Å². The molecule has 1 aromatic rings. The van der Waals surface area contributed by atoms with Gasteiger partial charge in [-0.1, -0.05) is 25.4 Å². The van der Waals surface area contributed by atoms with E-state index in [0.717, 1.165) is 17.3 Å². The van der Waals surface area contributed by atoms with Crippen LogP contribution in [-0.4, -0.2) is 9.78 Å². The second-order valence-corrected chi connectivity index (χ2v) is 3.93. The molecule has 0 atom stereocenters. The van der Waals surface area contributed by atoms with E-state index in [1.807, 2.05) is 14.0 Å². The normalized spacial score (nSPS) is 11.2. The molecule has 0 aromatic carbocycles. The van der Waals surface area contributed by atoms with Gasteiger partial charge in [-0.05, 0) is 19.3 Å². The van der Waals surface area contributed by atoms with Gasteiger partial charge in [0.15, 0.2) is 0 Å². The highest BCUT2D eigenvalue weighted by Crippen LogP contribution is 2.21. The van der Waals surface area contributed by atoms with Crippen LogP contribution in [0.4, 0.5) is 0 Å². The lowest BCUT2D eigenvalue weighted by Gasteiger charge is -2.03. The number of halogens is 1. The Labute approximate surface area is 78.5 Å². The van der Waals surface area contributed by atoms with Gasteiger partial charge in [0.1, 0.15) is 5.15 Å². The van der Waals surface area contributed by atoms with Gasteiger partial charge < -0.3 is 0 Å². The second-order valence-electron chi connectivity index (χ2n) is 3.58. The molecular weight excluding hydrogens is 172 g/mol. The monoisotopic (exact) mass is 186 g/mol. The summed E-state index contributed by atoms with van der Waals surface area (Å²) < 4.78 is 1.73. The van der Waals surface area contributed by atoms with Crippen LogP contribution in [0.25, 0.3) is 0 Å². The topological polar surface area (TPSA) is 17.8 Å².